The van der Waals surface area contributed by atoms with Crippen LogP contribution in [0.3, 0.4) is 0 Å². The van der Waals surface area contributed by atoms with Crippen molar-refractivity contribution in [2.24, 2.45) is 5.41 Å². The zero-order chi connectivity index (χ0) is 13.5. The van der Waals surface area contributed by atoms with Crippen LogP contribution in [0.5, 0.6) is 5.75 Å². The van der Waals surface area contributed by atoms with Gasteiger partial charge in [0.15, 0.2) is 0 Å². The zero-order valence-corrected chi connectivity index (χ0v) is 10.7. The summed E-state index contributed by atoms with van der Waals surface area (Å²) >= 11 is 0. The number of carbonyl (C=O) groups excluding carboxylic acids is 2. The monoisotopic (exact) mass is 248 g/mol. The van der Waals surface area contributed by atoms with Gasteiger partial charge in [-0.2, -0.15) is 0 Å². The van der Waals surface area contributed by atoms with Crippen LogP contribution < -0.4 is 15.4 Å². The van der Waals surface area contributed by atoms with Crippen LogP contribution in [-0.4, -0.2) is 18.9 Å². The first-order valence-corrected chi connectivity index (χ1v) is 5.68. The van der Waals surface area contributed by atoms with Gasteiger partial charge >= 0.3 is 0 Å². The number of nitrogens with two attached hydrogens (primary N) is 1. The first-order valence-electron chi connectivity index (χ1n) is 5.68. The van der Waals surface area contributed by atoms with Gasteiger partial charge in [-0.3, -0.25) is 9.59 Å². The number of rotatable bonds is 2. The Balaban J connectivity index is 2.49. The zero-order valence-electron chi connectivity index (χ0n) is 10.7. The molecule has 1 aromatic carbocycles. The third-order valence-corrected chi connectivity index (χ3v) is 3.10. The van der Waals surface area contributed by atoms with Gasteiger partial charge in [-0.1, -0.05) is 13.8 Å². The van der Waals surface area contributed by atoms with E-state index in [2.05, 4.69) is 0 Å². The maximum absolute atomic E-state index is 12.2. The standard InChI is InChI=1S/C13H16N2O3/c1-13(2)7-11(16)15(12(13)17)10-6-8(18-3)4-5-9(10)14/h4-6H,7,14H2,1-3H3. The van der Waals surface area contributed by atoms with Crippen LogP contribution in [0.25, 0.3) is 0 Å². The lowest BCUT2D eigenvalue weighted by Crippen LogP contribution is -2.33. The van der Waals surface area contributed by atoms with E-state index in [1.807, 2.05) is 0 Å². The average molecular weight is 248 g/mol. The third-order valence-electron chi connectivity index (χ3n) is 3.10. The number of hydrogen-bond donors (Lipinski definition) is 1. The van der Waals surface area contributed by atoms with Crippen molar-refractivity contribution < 1.29 is 14.3 Å². The molecule has 0 unspecified atom stereocenters. The van der Waals surface area contributed by atoms with Crippen molar-refractivity contribution in [3.05, 3.63) is 18.2 Å². The normalized spacial score (nSPS) is 18.3. The number of ether oxygens (including phenoxy) is 1. The van der Waals surface area contributed by atoms with E-state index in [1.165, 1.54) is 7.11 Å². The summed E-state index contributed by atoms with van der Waals surface area (Å²) in [6.07, 6.45) is 0.197. The van der Waals surface area contributed by atoms with Crippen molar-refractivity contribution >= 4 is 23.2 Å². The summed E-state index contributed by atoms with van der Waals surface area (Å²) in [5, 5.41) is 0. The number of carbonyl (C=O) groups is 2. The molecule has 18 heavy (non-hydrogen) atoms. The van der Waals surface area contributed by atoms with E-state index in [-0.39, 0.29) is 18.2 Å². The number of nitrogen functional groups attached to an aromatic ring is 1. The summed E-state index contributed by atoms with van der Waals surface area (Å²) in [6, 6.07) is 4.92. The Labute approximate surface area is 106 Å². The Hall–Kier alpha value is -2.04. The first-order chi connectivity index (χ1) is 8.36. The highest BCUT2D eigenvalue weighted by Crippen LogP contribution is 2.38. The Kier molecular flexibility index (Phi) is 2.77. The molecule has 96 valence electrons. The van der Waals surface area contributed by atoms with Crippen LogP contribution in [0.15, 0.2) is 18.2 Å². The van der Waals surface area contributed by atoms with Crippen molar-refractivity contribution in [2.75, 3.05) is 17.7 Å². The molecule has 1 aliphatic heterocycles. The van der Waals surface area contributed by atoms with Gasteiger partial charge in [0.25, 0.3) is 0 Å². The summed E-state index contributed by atoms with van der Waals surface area (Å²) in [5.41, 5.74) is 5.94. The highest BCUT2D eigenvalue weighted by molar-refractivity contribution is 6.23. The first kappa shape index (κ1) is 12.4. The minimum absolute atomic E-state index is 0.197. The van der Waals surface area contributed by atoms with E-state index < -0.39 is 5.41 Å². The predicted octanol–water partition coefficient (Wildman–Crippen LogP) is 1.57. The van der Waals surface area contributed by atoms with Gasteiger partial charge in [0.2, 0.25) is 11.8 Å². The molecular weight excluding hydrogens is 232 g/mol. The molecule has 0 aromatic heterocycles. The fraction of sp³-hybridized carbons (Fsp3) is 0.385. The quantitative estimate of drug-likeness (QED) is 0.637. The molecule has 0 saturated carbocycles. The van der Waals surface area contributed by atoms with Crippen LogP contribution in [-0.2, 0) is 9.59 Å². The lowest BCUT2D eigenvalue weighted by atomic mass is 9.92. The fourth-order valence-electron chi connectivity index (χ4n) is 2.04. The van der Waals surface area contributed by atoms with Gasteiger partial charge in [-0.15, -0.1) is 0 Å². The van der Waals surface area contributed by atoms with Crippen LogP contribution in [0.2, 0.25) is 0 Å². The van der Waals surface area contributed by atoms with E-state index in [1.54, 1.807) is 32.0 Å². The number of amides is 2. The van der Waals surface area contributed by atoms with Crippen molar-refractivity contribution in [1.82, 2.24) is 0 Å². The number of hydrogen-bond acceptors (Lipinski definition) is 4. The SMILES string of the molecule is COc1ccc(N)c(N2C(=O)CC(C)(C)C2=O)c1. The van der Waals surface area contributed by atoms with Crippen LogP contribution in [0, 0.1) is 5.41 Å². The second-order valence-electron chi connectivity index (χ2n) is 5.02. The molecule has 0 radical (unpaired) electrons. The van der Waals surface area contributed by atoms with E-state index in [0.717, 1.165) is 4.90 Å². The summed E-state index contributed by atoms with van der Waals surface area (Å²) in [5.74, 6) is 0.0990. The largest absolute Gasteiger partial charge is 0.497 e. The molecule has 0 atom stereocenters. The van der Waals surface area contributed by atoms with Gasteiger partial charge in [0.05, 0.1) is 23.9 Å². The number of imide groups is 1. The second kappa shape index (κ2) is 4.01. The van der Waals surface area contributed by atoms with E-state index in [0.29, 0.717) is 17.1 Å². The molecule has 0 bridgehead atoms. The number of anilines is 2. The Morgan fingerprint density at radius 1 is 1.33 bits per heavy atom. The number of nitrogens with zero attached hydrogens (tertiary/aromatic N) is 1. The summed E-state index contributed by atoms with van der Waals surface area (Å²) in [4.78, 5) is 25.3. The van der Waals surface area contributed by atoms with Crippen molar-refractivity contribution in [1.29, 1.82) is 0 Å². The fourth-order valence-corrected chi connectivity index (χ4v) is 2.04. The third kappa shape index (κ3) is 1.81. The van der Waals surface area contributed by atoms with Crippen molar-refractivity contribution in [3.8, 4) is 5.75 Å². The average Bonchev–Trinajstić information content (AvgIpc) is 2.50. The van der Waals surface area contributed by atoms with Crippen molar-refractivity contribution in [3.63, 3.8) is 0 Å². The molecule has 2 rings (SSSR count). The summed E-state index contributed by atoms with van der Waals surface area (Å²) in [6.45, 7) is 3.51. The van der Waals surface area contributed by atoms with E-state index in [4.69, 9.17) is 10.5 Å². The lowest BCUT2D eigenvalue weighted by Gasteiger charge is -2.19. The number of methoxy groups -OCH3 is 1. The highest BCUT2D eigenvalue weighted by Gasteiger charge is 2.46. The second-order valence-corrected chi connectivity index (χ2v) is 5.02. The maximum atomic E-state index is 12.2. The molecule has 1 fully saturated rings. The molecule has 0 spiro atoms. The summed E-state index contributed by atoms with van der Waals surface area (Å²) in [7, 11) is 1.52. The predicted molar refractivity (Wildman–Crippen MR) is 68.3 cm³/mol. The lowest BCUT2D eigenvalue weighted by molar-refractivity contribution is -0.124. The van der Waals surface area contributed by atoms with Gasteiger partial charge in [-0.25, -0.2) is 4.90 Å². The summed E-state index contributed by atoms with van der Waals surface area (Å²) < 4.78 is 5.09. The highest BCUT2D eigenvalue weighted by atomic mass is 16.5. The van der Waals surface area contributed by atoms with Crippen LogP contribution in [0.1, 0.15) is 20.3 Å². The Morgan fingerprint density at radius 2 is 2.00 bits per heavy atom. The molecule has 2 N–H and O–H groups in total. The Bertz CT molecular complexity index is 523. The smallest absolute Gasteiger partial charge is 0.240 e. The molecule has 2 amide bonds. The molecule has 1 heterocycles. The molecule has 1 aromatic rings. The van der Waals surface area contributed by atoms with E-state index in [9.17, 15) is 9.59 Å². The van der Waals surface area contributed by atoms with Crippen LogP contribution in [0.4, 0.5) is 11.4 Å². The maximum Gasteiger partial charge on any atom is 0.240 e. The van der Waals surface area contributed by atoms with E-state index >= 15 is 0 Å². The molecule has 1 aliphatic rings. The number of benzene rings is 1. The molecule has 1 saturated heterocycles. The minimum Gasteiger partial charge on any atom is -0.497 e. The topological polar surface area (TPSA) is 72.6 Å². The Morgan fingerprint density at radius 3 is 2.50 bits per heavy atom. The molecular formula is C13H16N2O3. The van der Waals surface area contributed by atoms with Gasteiger partial charge in [0, 0.05) is 12.5 Å². The molecule has 5 nitrogen and oxygen atoms in total. The van der Waals surface area contributed by atoms with Crippen molar-refractivity contribution in [2.45, 2.75) is 20.3 Å². The minimum atomic E-state index is -0.674. The van der Waals surface area contributed by atoms with Crippen LogP contribution >= 0.6 is 0 Å². The molecule has 5 heteroatoms. The van der Waals surface area contributed by atoms with Gasteiger partial charge in [-0.05, 0) is 12.1 Å². The van der Waals surface area contributed by atoms with Gasteiger partial charge in [0.1, 0.15) is 5.75 Å². The van der Waals surface area contributed by atoms with Gasteiger partial charge < -0.3 is 10.5 Å². The molecule has 0 aliphatic carbocycles.